The Kier molecular flexibility index (Phi) is 5.29. The fourth-order valence-corrected chi connectivity index (χ4v) is 3.31. The number of fused-ring (bicyclic) bond motifs is 1. The second-order valence-electron chi connectivity index (χ2n) is 6.69. The molecule has 0 aliphatic carbocycles. The molecule has 6 heteroatoms. The summed E-state index contributed by atoms with van der Waals surface area (Å²) >= 11 is 6.33. The van der Waals surface area contributed by atoms with Gasteiger partial charge >= 0.3 is 5.97 Å². The van der Waals surface area contributed by atoms with Crippen molar-refractivity contribution >= 4 is 28.5 Å². The molecule has 0 fully saturated rings. The molecule has 150 valence electrons. The van der Waals surface area contributed by atoms with Crippen LogP contribution in [0.15, 0.2) is 75.9 Å². The molecule has 3 aromatic carbocycles. The zero-order valence-electron chi connectivity index (χ0n) is 16.3. The summed E-state index contributed by atoms with van der Waals surface area (Å²) in [5.41, 5.74) is 1.54. The van der Waals surface area contributed by atoms with Crippen LogP contribution in [0, 0.1) is 6.92 Å². The van der Waals surface area contributed by atoms with E-state index in [-0.39, 0.29) is 17.1 Å². The average Bonchev–Trinajstić information content (AvgIpc) is 2.76. The van der Waals surface area contributed by atoms with E-state index in [1.807, 2.05) is 13.0 Å². The average molecular weight is 421 g/mol. The Morgan fingerprint density at radius 3 is 2.43 bits per heavy atom. The number of rotatable bonds is 4. The van der Waals surface area contributed by atoms with Crippen LogP contribution in [0.25, 0.3) is 22.3 Å². The summed E-state index contributed by atoms with van der Waals surface area (Å²) in [6.07, 6.45) is 0. The second-order valence-corrected chi connectivity index (χ2v) is 7.09. The van der Waals surface area contributed by atoms with E-state index in [1.54, 1.807) is 60.7 Å². The minimum atomic E-state index is -0.690. The van der Waals surface area contributed by atoms with Crippen molar-refractivity contribution in [1.82, 2.24) is 0 Å². The van der Waals surface area contributed by atoms with Gasteiger partial charge in [0.25, 0.3) is 0 Å². The van der Waals surface area contributed by atoms with Gasteiger partial charge < -0.3 is 13.9 Å². The Bertz CT molecular complexity index is 1310. The molecule has 0 amide bonds. The number of halogens is 1. The van der Waals surface area contributed by atoms with E-state index >= 15 is 0 Å². The Morgan fingerprint density at radius 2 is 1.73 bits per heavy atom. The van der Waals surface area contributed by atoms with E-state index in [9.17, 15) is 9.59 Å². The Labute approximate surface area is 177 Å². The predicted molar refractivity (Wildman–Crippen MR) is 116 cm³/mol. The van der Waals surface area contributed by atoms with E-state index in [4.69, 9.17) is 25.5 Å². The van der Waals surface area contributed by atoms with Crippen molar-refractivity contribution in [2.24, 2.45) is 0 Å². The normalized spacial score (nSPS) is 10.8. The first-order chi connectivity index (χ1) is 14.5. The van der Waals surface area contributed by atoms with Gasteiger partial charge in [0.2, 0.25) is 11.2 Å². The highest BCUT2D eigenvalue weighted by atomic mass is 35.5. The van der Waals surface area contributed by atoms with E-state index in [1.165, 1.54) is 7.11 Å². The lowest BCUT2D eigenvalue weighted by atomic mass is 10.1. The molecule has 0 aliphatic rings. The maximum Gasteiger partial charge on any atom is 0.343 e. The van der Waals surface area contributed by atoms with Gasteiger partial charge in [-0.25, -0.2) is 4.79 Å². The van der Waals surface area contributed by atoms with Crippen LogP contribution in [0.1, 0.15) is 15.9 Å². The first-order valence-corrected chi connectivity index (χ1v) is 9.54. The molecule has 0 saturated carbocycles. The molecule has 4 rings (SSSR count). The molecule has 0 spiro atoms. The second kappa shape index (κ2) is 8.05. The number of hydrogen-bond acceptors (Lipinski definition) is 5. The van der Waals surface area contributed by atoms with Crippen molar-refractivity contribution in [3.05, 3.63) is 93.1 Å². The lowest BCUT2D eigenvalue weighted by Gasteiger charge is -2.12. The van der Waals surface area contributed by atoms with E-state index in [0.29, 0.717) is 27.3 Å². The van der Waals surface area contributed by atoms with Crippen LogP contribution in [0.2, 0.25) is 5.02 Å². The first kappa shape index (κ1) is 19.7. The van der Waals surface area contributed by atoms with Crippen molar-refractivity contribution < 1.29 is 18.7 Å². The molecule has 0 atom stereocenters. The van der Waals surface area contributed by atoms with Crippen LogP contribution >= 0.6 is 11.6 Å². The number of carbonyl (C=O) groups is 1. The smallest absolute Gasteiger partial charge is 0.343 e. The van der Waals surface area contributed by atoms with Gasteiger partial charge in [0.1, 0.15) is 11.3 Å². The summed E-state index contributed by atoms with van der Waals surface area (Å²) < 4.78 is 16.6. The van der Waals surface area contributed by atoms with Crippen LogP contribution in [-0.2, 0) is 0 Å². The largest absolute Gasteiger partial charge is 0.497 e. The molecule has 5 nitrogen and oxygen atoms in total. The maximum absolute atomic E-state index is 13.3. The van der Waals surface area contributed by atoms with E-state index in [0.717, 1.165) is 5.56 Å². The van der Waals surface area contributed by atoms with Crippen molar-refractivity contribution in [3.63, 3.8) is 0 Å². The minimum Gasteiger partial charge on any atom is -0.497 e. The minimum absolute atomic E-state index is 0.101. The molecular formula is C24H17ClO5. The molecule has 0 bridgehead atoms. The third-order valence-electron chi connectivity index (χ3n) is 4.64. The lowest BCUT2D eigenvalue weighted by molar-refractivity contribution is 0.0731. The summed E-state index contributed by atoms with van der Waals surface area (Å²) in [5, 5.41) is 0.692. The molecule has 1 aromatic heterocycles. The van der Waals surface area contributed by atoms with E-state index < -0.39 is 11.4 Å². The van der Waals surface area contributed by atoms with Gasteiger partial charge in [-0.2, -0.15) is 0 Å². The van der Waals surface area contributed by atoms with Crippen LogP contribution in [0.5, 0.6) is 11.5 Å². The van der Waals surface area contributed by atoms with Crippen molar-refractivity contribution in [2.45, 2.75) is 6.92 Å². The number of aryl methyl sites for hydroxylation is 1. The SMILES string of the molecule is COc1ccc(C(=O)Oc2c(-c3ccccc3Cl)oc3ccc(C)cc3c2=O)cc1. The van der Waals surface area contributed by atoms with Crippen LogP contribution in [0.4, 0.5) is 0 Å². The van der Waals surface area contributed by atoms with Crippen molar-refractivity contribution in [3.8, 4) is 22.8 Å². The first-order valence-electron chi connectivity index (χ1n) is 9.16. The Morgan fingerprint density at radius 1 is 1.00 bits per heavy atom. The topological polar surface area (TPSA) is 65.7 Å². The fraction of sp³-hybridized carbons (Fsp3) is 0.0833. The van der Waals surface area contributed by atoms with Gasteiger partial charge in [-0.15, -0.1) is 0 Å². The molecule has 0 saturated heterocycles. The standard InChI is InChI=1S/C24H17ClO5/c1-14-7-12-20-18(13-14)21(26)23(22(29-20)17-5-3-4-6-19(17)25)30-24(27)15-8-10-16(28-2)11-9-15/h3-13H,1-2H3. The number of esters is 1. The third kappa shape index (κ3) is 3.67. The highest BCUT2D eigenvalue weighted by molar-refractivity contribution is 6.33. The van der Waals surface area contributed by atoms with Gasteiger partial charge in [0.15, 0.2) is 5.76 Å². The summed E-state index contributed by atoms with van der Waals surface area (Å²) in [4.78, 5) is 26.0. The lowest BCUT2D eigenvalue weighted by Crippen LogP contribution is -2.16. The Balaban J connectivity index is 1.88. The molecule has 0 aliphatic heterocycles. The van der Waals surface area contributed by atoms with Crippen LogP contribution < -0.4 is 14.9 Å². The fourth-order valence-electron chi connectivity index (χ4n) is 3.09. The highest BCUT2D eigenvalue weighted by Gasteiger charge is 2.22. The Hall–Kier alpha value is -3.57. The van der Waals surface area contributed by atoms with Crippen LogP contribution in [0.3, 0.4) is 0 Å². The summed E-state index contributed by atoms with van der Waals surface area (Å²) in [6, 6.07) is 18.5. The zero-order valence-corrected chi connectivity index (χ0v) is 17.0. The van der Waals surface area contributed by atoms with Crippen LogP contribution in [-0.4, -0.2) is 13.1 Å². The molecule has 4 aromatic rings. The summed E-state index contributed by atoms with van der Waals surface area (Å²) in [6.45, 7) is 1.86. The van der Waals surface area contributed by atoms with Gasteiger partial charge in [0.05, 0.1) is 23.1 Å². The summed E-state index contributed by atoms with van der Waals surface area (Å²) in [5.74, 6) is -0.194. The quantitative estimate of drug-likeness (QED) is 0.399. The van der Waals surface area contributed by atoms with E-state index in [2.05, 4.69) is 0 Å². The molecule has 0 unspecified atom stereocenters. The van der Waals surface area contributed by atoms with Crippen molar-refractivity contribution in [2.75, 3.05) is 7.11 Å². The van der Waals surface area contributed by atoms with Gasteiger partial charge in [0, 0.05) is 5.56 Å². The molecule has 0 N–H and O–H groups in total. The van der Waals surface area contributed by atoms with Gasteiger partial charge in [-0.05, 0) is 55.5 Å². The third-order valence-corrected chi connectivity index (χ3v) is 4.97. The number of hydrogen-bond donors (Lipinski definition) is 0. The monoisotopic (exact) mass is 420 g/mol. The predicted octanol–water partition coefficient (Wildman–Crippen LogP) is 5.65. The maximum atomic E-state index is 13.3. The number of methoxy groups -OCH3 is 1. The molecule has 30 heavy (non-hydrogen) atoms. The number of carbonyl (C=O) groups excluding carboxylic acids is 1. The summed E-state index contributed by atoms with van der Waals surface area (Å²) in [7, 11) is 1.53. The van der Waals surface area contributed by atoms with Gasteiger partial charge in [-0.1, -0.05) is 35.4 Å². The van der Waals surface area contributed by atoms with Crippen molar-refractivity contribution in [1.29, 1.82) is 0 Å². The highest BCUT2D eigenvalue weighted by Crippen LogP contribution is 2.35. The number of ether oxygens (including phenoxy) is 2. The molecule has 1 heterocycles. The number of benzene rings is 3. The molecule has 0 radical (unpaired) electrons. The molecular weight excluding hydrogens is 404 g/mol. The van der Waals surface area contributed by atoms with Gasteiger partial charge in [-0.3, -0.25) is 4.79 Å². The zero-order chi connectivity index (χ0) is 21.3.